The van der Waals surface area contributed by atoms with Gasteiger partial charge in [-0.2, -0.15) is 0 Å². The largest absolute Gasteiger partial charge is 0.374 e. The number of ether oxygens (including phenoxy) is 1. The maximum atomic E-state index is 6.25. The highest BCUT2D eigenvalue weighted by Gasteiger charge is 2.34. The summed E-state index contributed by atoms with van der Waals surface area (Å²) in [6.07, 6.45) is 13.3. The van der Waals surface area contributed by atoms with Crippen molar-refractivity contribution in [2.24, 2.45) is 5.92 Å². The second kappa shape index (κ2) is 9.36. The molecular weight excluding hydrogens is 288 g/mol. The quantitative estimate of drug-likeness (QED) is 0.391. The zero-order valence-electron chi connectivity index (χ0n) is 12.3. The summed E-state index contributed by atoms with van der Waals surface area (Å²) < 4.78 is 6.25. The Labute approximate surface area is 122 Å². The number of alkyl halides is 1. The van der Waals surface area contributed by atoms with Gasteiger partial charge in [0.15, 0.2) is 0 Å². The maximum absolute atomic E-state index is 6.25. The van der Waals surface area contributed by atoms with Gasteiger partial charge in [-0.25, -0.2) is 0 Å². The third-order valence-corrected chi connectivity index (χ3v) is 5.22. The zero-order valence-corrected chi connectivity index (χ0v) is 13.9. The summed E-state index contributed by atoms with van der Waals surface area (Å²) in [5, 5.41) is 1.01. The summed E-state index contributed by atoms with van der Waals surface area (Å²) in [7, 11) is 0. The van der Waals surface area contributed by atoms with E-state index < -0.39 is 0 Å². The fourth-order valence-electron chi connectivity index (χ4n) is 3.07. The number of unbranched alkanes of at least 4 members (excludes halogenated alkanes) is 5. The molecule has 0 aromatic carbocycles. The van der Waals surface area contributed by atoms with Crippen molar-refractivity contribution < 1.29 is 4.74 Å². The van der Waals surface area contributed by atoms with E-state index in [4.69, 9.17) is 4.74 Å². The number of rotatable bonds is 9. The topological polar surface area (TPSA) is 9.23 Å². The molecule has 0 aromatic rings. The molecule has 2 heteroatoms. The van der Waals surface area contributed by atoms with Crippen LogP contribution in [-0.4, -0.2) is 17.5 Å². The van der Waals surface area contributed by atoms with Crippen LogP contribution in [0.1, 0.15) is 78.1 Å². The number of halogens is 1. The molecule has 1 rings (SSSR count). The van der Waals surface area contributed by atoms with Crippen molar-refractivity contribution in [1.82, 2.24) is 0 Å². The predicted octanol–water partition coefficient (Wildman–Crippen LogP) is 5.71. The number of hydrogen-bond donors (Lipinski definition) is 0. The fraction of sp³-hybridized carbons (Fsp3) is 1.00. The molecule has 0 saturated heterocycles. The molecular formula is C16H31BrO. The van der Waals surface area contributed by atoms with Crippen LogP contribution in [0.5, 0.6) is 0 Å². The van der Waals surface area contributed by atoms with Crippen molar-refractivity contribution in [3.63, 3.8) is 0 Å². The molecule has 0 heterocycles. The molecule has 0 aliphatic heterocycles. The molecule has 0 amide bonds. The molecule has 2 unspecified atom stereocenters. The van der Waals surface area contributed by atoms with Crippen LogP contribution in [0.3, 0.4) is 0 Å². The van der Waals surface area contributed by atoms with E-state index >= 15 is 0 Å². The van der Waals surface area contributed by atoms with E-state index in [1.807, 2.05) is 0 Å². The minimum absolute atomic E-state index is 0.154. The van der Waals surface area contributed by atoms with Gasteiger partial charge in [-0.05, 0) is 25.2 Å². The lowest BCUT2D eigenvalue weighted by Gasteiger charge is -2.38. The zero-order chi connectivity index (χ0) is 13.3. The molecule has 1 aliphatic rings. The van der Waals surface area contributed by atoms with Gasteiger partial charge in [0.1, 0.15) is 0 Å². The molecule has 0 aromatic heterocycles. The van der Waals surface area contributed by atoms with Gasteiger partial charge in [0.05, 0.1) is 5.60 Å². The van der Waals surface area contributed by atoms with E-state index in [-0.39, 0.29) is 5.60 Å². The molecule has 18 heavy (non-hydrogen) atoms. The molecule has 2 atom stereocenters. The Hall–Kier alpha value is 0.440. The predicted molar refractivity (Wildman–Crippen MR) is 83.5 cm³/mol. The summed E-state index contributed by atoms with van der Waals surface area (Å²) in [6, 6.07) is 0. The second-order valence-corrected chi connectivity index (χ2v) is 6.70. The van der Waals surface area contributed by atoms with Crippen molar-refractivity contribution in [2.45, 2.75) is 83.7 Å². The molecule has 108 valence electrons. The smallest absolute Gasteiger partial charge is 0.0781 e. The minimum Gasteiger partial charge on any atom is -0.374 e. The second-order valence-electron chi connectivity index (χ2n) is 6.13. The van der Waals surface area contributed by atoms with E-state index in [2.05, 4.69) is 29.8 Å². The van der Waals surface area contributed by atoms with Crippen molar-refractivity contribution in [1.29, 1.82) is 0 Å². The first-order chi connectivity index (χ1) is 8.72. The van der Waals surface area contributed by atoms with Gasteiger partial charge >= 0.3 is 0 Å². The van der Waals surface area contributed by atoms with E-state index in [9.17, 15) is 0 Å². The molecule has 1 fully saturated rings. The van der Waals surface area contributed by atoms with Gasteiger partial charge in [0.25, 0.3) is 0 Å². The van der Waals surface area contributed by atoms with Crippen LogP contribution >= 0.6 is 15.9 Å². The van der Waals surface area contributed by atoms with Crippen LogP contribution < -0.4 is 0 Å². The molecule has 0 bridgehead atoms. The lowest BCUT2D eigenvalue weighted by Crippen LogP contribution is -2.39. The maximum Gasteiger partial charge on any atom is 0.0781 e. The van der Waals surface area contributed by atoms with Gasteiger partial charge in [0.2, 0.25) is 0 Å². The standard InChI is InChI=1S/C16H31BrO/c1-3-4-5-6-7-8-12-18-16(14-17)11-9-10-15(2)13-16/h15H,3-14H2,1-2H3. The van der Waals surface area contributed by atoms with Gasteiger partial charge in [-0.1, -0.05) is 74.7 Å². The highest BCUT2D eigenvalue weighted by atomic mass is 79.9. The van der Waals surface area contributed by atoms with Crippen molar-refractivity contribution in [2.75, 3.05) is 11.9 Å². The molecule has 1 saturated carbocycles. The van der Waals surface area contributed by atoms with Crippen LogP contribution in [0.25, 0.3) is 0 Å². The van der Waals surface area contributed by atoms with Gasteiger partial charge < -0.3 is 4.74 Å². The van der Waals surface area contributed by atoms with Crippen LogP contribution in [-0.2, 0) is 4.74 Å². The Morgan fingerprint density at radius 3 is 2.56 bits per heavy atom. The Bertz CT molecular complexity index is 207. The van der Waals surface area contributed by atoms with Crippen molar-refractivity contribution in [3.05, 3.63) is 0 Å². The highest BCUT2D eigenvalue weighted by molar-refractivity contribution is 9.09. The summed E-state index contributed by atoms with van der Waals surface area (Å²) in [5.41, 5.74) is 0.154. The Morgan fingerprint density at radius 1 is 1.17 bits per heavy atom. The average molecular weight is 319 g/mol. The van der Waals surface area contributed by atoms with Crippen LogP contribution in [0, 0.1) is 5.92 Å². The van der Waals surface area contributed by atoms with E-state index in [1.54, 1.807) is 0 Å². The van der Waals surface area contributed by atoms with Gasteiger partial charge in [-0.3, -0.25) is 0 Å². The first-order valence-corrected chi connectivity index (χ1v) is 9.04. The third-order valence-electron chi connectivity index (χ3n) is 4.20. The fourth-order valence-corrected chi connectivity index (χ4v) is 3.75. The SMILES string of the molecule is CCCCCCCCOC1(CBr)CCCC(C)C1. The minimum atomic E-state index is 0.154. The Balaban J connectivity index is 2.11. The lowest BCUT2D eigenvalue weighted by molar-refractivity contribution is -0.0641. The first kappa shape index (κ1) is 16.5. The van der Waals surface area contributed by atoms with Gasteiger partial charge in [0, 0.05) is 11.9 Å². The van der Waals surface area contributed by atoms with E-state index in [0.717, 1.165) is 17.9 Å². The normalized spacial score (nSPS) is 28.5. The summed E-state index contributed by atoms with van der Waals surface area (Å²) in [4.78, 5) is 0. The molecule has 0 radical (unpaired) electrons. The monoisotopic (exact) mass is 318 g/mol. The highest BCUT2D eigenvalue weighted by Crippen LogP contribution is 2.36. The number of hydrogen-bond acceptors (Lipinski definition) is 1. The lowest BCUT2D eigenvalue weighted by atomic mass is 9.80. The van der Waals surface area contributed by atoms with Crippen LogP contribution in [0.4, 0.5) is 0 Å². The molecule has 0 spiro atoms. The molecule has 0 N–H and O–H groups in total. The summed E-state index contributed by atoms with van der Waals surface area (Å²) in [6.45, 7) is 5.60. The van der Waals surface area contributed by atoms with E-state index in [0.29, 0.717) is 0 Å². The van der Waals surface area contributed by atoms with Crippen LogP contribution in [0.15, 0.2) is 0 Å². The molecule has 1 nitrogen and oxygen atoms in total. The Morgan fingerprint density at radius 2 is 1.89 bits per heavy atom. The Kier molecular flexibility index (Phi) is 8.58. The summed E-state index contributed by atoms with van der Waals surface area (Å²) in [5.74, 6) is 0.834. The third kappa shape index (κ3) is 6.06. The van der Waals surface area contributed by atoms with E-state index in [1.165, 1.54) is 64.2 Å². The average Bonchev–Trinajstić information content (AvgIpc) is 2.38. The molecule has 1 aliphatic carbocycles. The van der Waals surface area contributed by atoms with Crippen LogP contribution in [0.2, 0.25) is 0 Å². The summed E-state index contributed by atoms with van der Waals surface area (Å²) >= 11 is 3.67. The van der Waals surface area contributed by atoms with Crippen molar-refractivity contribution >= 4 is 15.9 Å². The van der Waals surface area contributed by atoms with Crippen molar-refractivity contribution in [3.8, 4) is 0 Å². The van der Waals surface area contributed by atoms with Gasteiger partial charge in [-0.15, -0.1) is 0 Å². The first-order valence-electron chi connectivity index (χ1n) is 7.92.